The van der Waals surface area contributed by atoms with Gasteiger partial charge in [-0.25, -0.2) is 4.79 Å². The van der Waals surface area contributed by atoms with E-state index in [4.69, 9.17) is 0 Å². The molecule has 0 atom stereocenters. The van der Waals surface area contributed by atoms with Gasteiger partial charge in [0.2, 0.25) is 5.91 Å². The van der Waals surface area contributed by atoms with E-state index in [2.05, 4.69) is 9.97 Å². The third kappa shape index (κ3) is 4.67. The van der Waals surface area contributed by atoms with Crippen LogP contribution in [0.5, 0.6) is 0 Å². The Kier molecular flexibility index (Phi) is 6.28. The summed E-state index contributed by atoms with van der Waals surface area (Å²) in [6.07, 6.45) is 1.70. The summed E-state index contributed by atoms with van der Waals surface area (Å²) in [4.78, 5) is 48.9. The van der Waals surface area contributed by atoms with E-state index in [1.807, 2.05) is 35.8 Å². The Balaban J connectivity index is 1.57. The van der Waals surface area contributed by atoms with Gasteiger partial charge in [0.25, 0.3) is 5.91 Å². The van der Waals surface area contributed by atoms with Crippen molar-refractivity contribution in [3.8, 4) is 0 Å². The summed E-state index contributed by atoms with van der Waals surface area (Å²) in [5, 5.41) is 0. The van der Waals surface area contributed by atoms with E-state index < -0.39 is 0 Å². The number of rotatable bonds is 4. The molecule has 2 aromatic rings. The van der Waals surface area contributed by atoms with Crippen LogP contribution >= 0.6 is 11.3 Å². The first-order chi connectivity index (χ1) is 13.3. The largest absolute Gasteiger partial charge is 0.345 e. The Morgan fingerprint density at radius 2 is 1.82 bits per heavy atom. The summed E-state index contributed by atoms with van der Waals surface area (Å²) in [5.74, 6) is 0.129. The lowest BCUT2D eigenvalue weighted by atomic mass is 10.1. The molecule has 7 nitrogen and oxygen atoms in total. The maximum atomic E-state index is 12.7. The molecule has 3 rings (SSSR count). The van der Waals surface area contributed by atoms with Crippen molar-refractivity contribution in [1.29, 1.82) is 0 Å². The van der Waals surface area contributed by atoms with Crippen LogP contribution in [0.25, 0.3) is 0 Å². The molecule has 0 aromatic carbocycles. The van der Waals surface area contributed by atoms with E-state index in [9.17, 15) is 14.4 Å². The standard InChI is InChI=1S/C20H26N4O3S/c1-13-5-7-17(28-13)19(26)24-10-4-9-23(11-12-24)18(25)8-6-16-14(2)21-20(27)22-15(16)3/h5,7H,4,6,8-12H2,1-3H3,(H,21,22,27). The van der Waals surface area contributed by atoms with Crippen LogP contribution in [0.2, 0.25) is 0 Å². The van der Waals surface area contributed by atoms with Crippen LogP contribution in [-0.2, 0) is 11.2 Å². The molecule has 0 spiro atoms. The molecule has 1 aliphatic rings. The normalized spacial score (nSPS) is 14.8. The Labute approximate surface area is 168 Å². The fourth-order valence-corrected chi connectivity index (χ4v) is 4.42. The molecule has 2 amide bonds. The monoisotopic (exact) mass is 402 g/mol. The SMILES string of the molecule is Cc1ccc(C(=O)N2CCCN(C(=O)CCc3c(C)nc(=O)[nH]c3C)CC2)s1. The number of thiophene rings is 1. The smallest absolute Gasteiger partial charge is 0.341 e. The zero-order valence-electron chi connectivity index (χ0n) is 16.6. The second-order valence-corrected chi connectivity index (χ2v) is 8.46. The minimum absolute atomic E-state index is 0.0537. The molecule has 3 heterocycles. The van der Waals surface area contributed by atoms with Crippen molar-refractivity contribution < 1.29 is 9.59 Å². The predicted octanol–water partition coefficient (Wildman–Crippen LogP) is 2.06. The van der Waals surface area contributed by atoms with Gasteiger partial charge in [0.1, 0.15) is 0 Å². The van der Waals surface area contributed by atoms with Gasteiger partial charge < -0.3 is 14.8 Å². The molecule has 150 valence electrons. The molecule has 2 aromatic heterocycles. The molecule has 8 heteroatoms. The van der Waals surface area contributed by atoms with E-state index in [1.165, 1.54) is 11.3 Å². The predicted molar refractivity (Wildman–Crippen MR) is 109 cm³/mol. The van der Waals surface area contributed by atoms with Crippen LogP contribution in [0.15, 0.2) is 16.9 Å². The van der Waals surface area contributed by atoms with Crippen molar-refractivity contribution in [2.24, 2.45) is 0 Å². The Hall–Kier alpha value is -2.48. The van der Waals surface area contributed by atoms with Crippen LogP contribution in [0, 0.1) is 20.8 Å². The lowest BCUT2D eigenvalue weighted by Crippen LogP contribution is -2.37. The highest BCUT2D eigenvalue weighted by Crippen LogP contribution is 2.18. The van der Waals surface area contributed by atoms with E-state index in [0.717, 1.165) is 27.4 Å². The van der Waals surface area contributed by atoms with E-state index >= 15 is 0 Å². The number of aryl methyl sites for hydroxylation is 3. The number of carbonyl (C=O) groups is 2. The molecule has 0 bridgehead atoms. The summed E-state index contributed by atoms with van der Waals surface area (Å²) in [7, 11) is 0. The van der Waals surface area contributed by atoms with E-state index in [1.54, 1.807) is 6.92 Å². The van der Waals surface area contributed by atoms with Crippen molar-refractivity contribution in [1.82, 2.24) is 19.8 Å². The lowest BCUT2D eigenvalue weighted by molar-refractivity contribution is -0.131. The Morgan fingerprint density at radius 1 is 1.11 bits per heavy atom. The third-order valence-corrected chi connectivity index (χ3v) is 6.12. The minimum atomic E-state index is -0.358. The number of aromatic nitrogens is 2. The highest BCUT2D eigenvalue weighted by atomic mass is 32.1. The topological polar surface area (TPSA) is 86.4 Å². The van der Waals surface area contributed by atoms with Gasteiger partial charge in [-0.2, -0.15) is 4.98 Å². The fourth-order valence-electron chi connectivity index (χ4n) is 3.59. The van der Waals surface area contributed by atoms with Crippen molar-refractivity contribution >= 4 is 23.2 Å². The molecule has 28 heavy (non-hydrogen) atoms. The van der Waals surface area contributed by atoms with Gasteiger partial charge in [0, 0.05) is 48.9 Å². The first kappa shape index (κ1) is 20.3. The summed E-state index contributed by atoms with van der Waals surface area (Å²) in [5.41, 5.74) is 2.01. The van der Waals surface area contributed by atoms with Crippen LogP contribution < -0.4 is 5.69 Å². The molecule has 1 saturated heterocycles. The van der Waals surface area contributed by atoms with Crippen molar-refractivity contribution in [2.45, 2.75) is 40.0 Å². The van der Waals surface area contributed by atoms with Gasteiger partial charge in [0.15, 0.2) is 0 Å². The summed E-state index contributed by atoms with van der Waals surface area (Å²) in [6.45, 7) is 8.05. The van der Waals surface area contributed by atoms with Crippen molar-refractivity contribution in [3.05, 3.63) is 49.3 Å². The lowest BCUT2D eigenvalue weighted by Gasteiger charge is -2.22. The van der Waals surface area contributed by atoms with Gasteiger partial charge >= 0.3 is 5.69 Å². The van der Waals surface area contributed by atoms with Crippen molar-refractivity contribution in [2.75, 3.05) is 26.2 Å². The molecular weight excluding hydrogens is 376 g/mol. The van der Waals surface area contributed by atoms with Crippen molar-refractivity contribution in [3.63, 3.8) is 0 Å². The van der Waals surface area contributed by atoms with Gasteiger partial charge in [-0.3, -0.25) is 9.59 Å². The number of nitrogens with one attached hydrogen (secondary N) is 1. The van der Waals surface area contributed by atoms with Crippen LogP contribution in [0.4, 0.5) is 0 Å². The number of amides is 2. The third-order valence-electron chi connectivity index (χ3n) is 5.13. The van der Waals surface area contributed by atoms with Gasteiger partial charge in [-0.1, -0.05) is 0 Å². The first-order valence-corrected chi connectivity index (χ1v) is 10.4. The number of carbonyl (C=O) groups excluding carboxylic acids is 2. The molecule has 0 saturated carbocycles. The highest BCUT2D eigenvalue weighted by Gasteiger charge is 2.23. The molecule has 1 fully saturated rings. The molecule has 0 aliphatic carbocycles. The maximum Gasteiger partial charge on any atom is 0.345 e. The number of H-pyrrole nitrogens is 1. The van der Waals surface area contributed by atoms with Gasteiger partial charge in [-0.15, -0.1) is 11.3 Å². The Morgan fingerprint density at radius 3 is 2.50 bits per heavy atom. The molecule has 1 aliphatic heterocycles. The number of aromatic amines is 1. The molecular formula is C20H26N4O3S. The zero-order chi connectivity index (χ0) is 20.3. The van der Waals surface area contributed by atoms with E-state index in [0.29, 0.717) is 44.7 Å². The Bertz CT molecular complexity index is 908. The first-order valence-electron chi connectivity index (χ1n) is 9.55. The fraction of sp³-hybridized carbons (Fsp3) is 0.500. The molecule has 1 N–H and O–H groups in total. The van der Waals surface area contributed by atoms with Crippen LogP contribution in [0.1, 0.15) is 44.3 Å². The molecule has 0 unspecified atom stereocenters. The van der Waals surface area contributed by atoms with E-state index in [-0.39, 0.29) is 17.5 Å². The molecule has 0 radical (unpaired) electrons. The number of nitrogens with zero attached hydrogens (tertiary/aromatic N) is 3. The maximum absolute atomic E-state index is 12.7. The summed E-state index contributed by atoms with van der Waals surface area (Å²) < 4.78 is 0. The van der Waals surface area contributed by atoms with Crippen LogP contribution in [-0.4, -0.2) is 57.8 Å². The minimum Gasteiger partial charge on any atom is -0.341 e. The average Bonchev–Trinajstić information content (AvgIpc) is 2.92. The second-order valence-electron chi connectivity index (χ2n) is 7.17. The number of hydrogen-bond acceptors (Lipinski definition) is 5. The van der Waals surface area contributed by atoms with Crippen LogP contribution in [0.3, 0.4) is 0 Å². The number of hydrogen-bond donors (Lipinski definition) is 1. The summed E-state index contributed by atoms with van der Waals surface area (Å²) in [6, 6.07) is 3.83. The second kappa shape index (κ2) is 8.68. The average molecular weight is 403 g/mol. The van der Waals surface area contributed by atoms with Gasteiger partial charge in [-0.05, 0) is 51.3 Å². The quantitative estimate of drug-likeness (QED) is 0.848. The summed E-state index contributed by atoms with van der Waals surface area (Å²) >= 11 is 1.51. The zero-order valence-corrected chi connectivity index (χ0v) is 17.4. The van der Waals surface area contributed by atoms with Gasteiger partial charge in [0.05, 0.1) is 4.88 Å². The highest BCUT2D eigenvalue weighted by molar-refractivity contribution is 7.13.